The summed E-state index contributed by atoms with van der Waals surface area (Å²) in [6.45, 7) is 4.72. The van der Waals surface area contributed by atoms with Gasteiger partial charge in [-0.15, -0.1) is 0 Å². The lowest BCUT2D eigenvalue weighted by atomic mass is 10.1. The zero-order chi connectivity index (χ0) is 16.8. The van der Waals surface area contributed by atoms with Crippen LogP contribution >= 0.6 is 0 Å². The van der Waals surface area contributed by atoms with Gasteiger partial charge in [0.15, 0.2) is 0 Å². The summed E-state index contributed by atoms with van der Waals surface area (Å²) in [6, 6.07) is 14.6. The van der Waals surface area contributed by atoms with E-state index in [0.717, 1.165) is 12.0 Å². The third-order valence-corrected chi connectivity index (χ3v) is 3.83. The Balaban J connectivity index is 2.13. The smallest absolute Gasteiger partial charge is 0.273 e. The molecule has 0 aliphatic heterocycles. The van der Waals surface area contributed by atoms with Crippen molar-refractivity contribution in [1.29, 1.82) is 0 Å². The van der Waals surface area contributed by atoms with Gasteiger partial charge in [0, 0.05) is 30.3 Å². The van der Waals surface area contributed by atoms with Crippen molar-refractivity contribution < 1.29 is 9.72 Å². The summed E-state index contributed by atoms with van der Waals surface area (Å²) in [7, 11) is 0. The largest absolute Gasteiger partial charge is 0.339 e. The molecule has 0 aliphatic rings. The fraction of sp³-hybridized carbons (Fsp3) is 0.278. The van der Waals surface area contributed by atoms with Crippen LogP contribution in [0.3, 0.4) is 0 Å². The van der Waals surface area contributed by atoms with Crippen molar-refractivity contribution in [3.8, 4) is 0 Å². The number of nitro benzene ring substituents is 1. The van der Waals surface area contributed by atoms with Gasteiger partial charge in [0.25, 0.3) is 11.6 Å². The lowest BCUT2D eigenvalue weighted by Gasteiger charge is -2.21. The summed E-state index contributed by atoms with van der Waals surface area (Å²) in [5.41, 5.74) is 2.06. The lowest BCUT2D eigenvalue weighted by Crippen LogP contribution is -2.32. The van der Waals surface area contributed by atoms with Crippen LogP contribution in [0.15, 0.2) is 48.5 Å². The molecule has 0 heterocycles. The van der Waals surface area contributed by atoms with Gasteiger partial charge in [0.05, 0.1) is 4.92 Å². The highest BCUT2D eigenvalue weighted by Gasteiger charge is 2.18. The monoisotopic (exact) mass is 312 g/mol. The Labute approximate surface area is 135 Å². The number of aryl methyl sites for hydroxylation is 1. The second-order valence-corrected chi connectivity index (χ2v) is 5.38. The molecule has 0 atom stereocenters. The Morgan fingerprint density at radius 2 is 1.87 bits per heavy atom. The third kappa shape index (κ3) is 4.16. The van der Waals surface area contributed by atoms with Crippen molar-refractivity contribution in [2.24, 2.45) is 0 Å². The number of nitrogens with zero attached hydrogens (tertiary/aromatic N) is 2. The van der Waals surface area contributed by atoms with Crippen molar-refractivity contribution in [2.45, 2.75) is 20.3 Å². The molecule has 0 aliphatic carbocycles. The summed E-state index contributed by atoms with van der Waals surface area (Å²) in [5.74, 6) is -0.175. The van der Waals surface area contributed by atoms with Crippen molar-refractivity contribution in [3.05, 3.63) is 75.3 Å². The van der Waals surface area contributed by atoms with E-state index in [4.69, 9.17) is 0 Å². The molecule has 0 spiro atoms. The van der Waals surface area contributed by atoms with Gasteiger partial charge in [-0.3, -0.25) is 14.9 Å². The first-order valence-electron chi connectivity index (χ1n) is 7.61. The predicted molar refractivity (Wildman–Crippen MR) is 89.6 cm³/mol. The summed E-state index contributed by atoms with van der Waals surface area (Å²) in [4.78, 5) is 24.9. The Hall–Kier alpha value is -2.69. The molecule has 0 bridgehead atoms. The maximum Gasteiger partial charge on any atom is 0.273 e. The average molecular weight is 312 g/mol. The molecule has 0 N–H and O–H groups in total. The Morgan fingerprint density at radius 1 is 1.17 bits per heavy atom. The van der Waals surface area contributed by atoms with Crippen LogP contribution in [0.5, 0.6) is 0 Å². The molecule has 0 aromatic heterocycles. The number of hydrogen-bond acceptors (Lipinski definition) is 3. The topological polar surface area (TPSA) is 63.5 Å². The Bertz CT molecular complexity index is 699. The molecular weight excluding hydrogens is 292 g/mol. The highest BCUT2D eigenvalue weighted by Crippen LogP contribution is 2.20. The van der Waals surface area contributed by atoms with Crippen LogP contribution in [0.2, 0.25) is 0 Å². The number of likely N-dealkylation sites (N-methyl/N-ethyl adjacent to an activating group) is 1. The molecule has 0 radical (unpaired) electrons. The molecule has 1 amide bonds. The number of carbonyl (C=O) groups is 1. The number of hydrogen-bond donors (Lipinski definition) is 0. The van der Waals surface area contributed by atoms with Gasteiger partial charge in [-0.05, 0) is 31.9 Å². The summed E-state index contributed by atoms with van der Waals surface area (Å²) in [5, 5.41) is 11.0. The van der Waals surface area contributed by atoms with Gasteiger partial charge in [-0.1, -0.05) is 36.4 Å². The number of rotatable bonds is 6. The van der Waals surface area contributed by atoms with Gasteiger partial charge in [0.1, 0.15) is 0 Å². The van der Waals surface area contributed by atoms with E-state index >= 15 is 0 Å². The predicted octanol–water partition coefficient (Wildman–Crippen LogP) is 3.61. The summed E-state index contributed by atoms with van der Waals surface area (Å²) < 4.78 is 0. The van der Waals surface area contributed by atoms with E-state index in [2.05, 4.69) is 0 Å². The first-order chi connectivity index (χ1) is 11.0. The van der Waals surface area contributed by atoms with Crippen LogP contribution in [-0.2, 0) is 6.42 Å². The van der Waals surface area contributed by atoms with E-state index in [0.29, 0.717) is 24.2 Å². The van der Waals surface area contributed by atoms with E-state index in [-0.39, 0.29) is 11.6 Å². The SMILES string of the molecule is CCN(CCc1ccccc1)C(=O)c1ccc(C)c([N+](=O)[O-])c1. The minimum Gasteiger partial charge on any atom is -0.339 e. The average Bonchev–Trinajstić information content (AvgIpc) is 2.56. The van der Waals surface area contributed by atoms with Crippen LogP contribution in [0, 0.1) is 17.0 Å². The van der Waals surface area contributed by atoms with Crippen LogP contribution in [0.25, 0.3) is 0 Å². The molecule has 2 rings (SSSR count). The van der Waals surface area contributed by atoms with Gasteiger partial charge in [0.2, 0.25) is 0 Å². The van der Waals surface area contributed by atoms with Crippen LogP contribution in [-0.4, -0.2) is 28.8 Å². The van der Waals surface area contributed by atoms with Gasteiger partial charge < -0.3 is 4.90 Å². The van der Waals surface area contributed by atoms with Crippen LogP contribution < -0.4 is 0 Å². The van der Waals surface area contributed by atoms with Crippen molar-refractivity contribution >= 4 is 11.6 Å². The molecule has 120 valence electrons. The molecule has 0 saturated carbocycles. The number of carbonyl (C=O) groups excluding carboxylic acids is 1. The molecule has 0 unspecified atom stereocenters. The fourth-order valence-electron chi connectivity index (χ4n) is 2.43. The molecule has 0 saturated heterocycles. The Morgan fingerprint density at radius 3 is 2.48 bits per heavy atom. The van der Waals surface area contributed by atoms with Gasteiger partial charge >= 0.3 is 0 Å². The maximum atomic E-state index is 12.6. The zero-order valence-corrected chi connectivity index (χ0v) is 13.4. The molecule has 2 aromatic carbocycles. The van der Waals surface area contributed by atoms with Gasteiger partial charge in [-0.25, -0.2) is 0 Å². The van der Waals surface area contributed by atoms with Crippen molar-refractivity contribution in [2.75, 3.05) is 13.1 Å². The second-order valence-electron chi connectivity index (χ2n) is 5.38. The second kappa shape index (κ2) is 7.54. The van der Waals surface area contributed by atoms with E-state index in [9.17, 15) is 14.9 Å². The Kier molecular flexibility index (Phi) is 5.46. The summed E-state index contributed by atoms with van der Waals surface area (Å²) in [6.07, 6.45) is 0.758. The van der Waals surface area contributed by atoms with Crippen molar-refractivity contribution in [3.63, 3.8) is 0 Å². The number of benzene rings is 2. The van der Waals surface area contributed by atoms with Crippen molar-refractivity contribution in [1.82, 2.24) is 4.90 Å². The van der Waals surface area contributed by atoms with E-state index < -0.39 is 4.92 Å². The normalized spacial score (nSPS) is 10.3. The number of amides is 1. The molecule has 0 fully saturated rings. The molecule has 23 heavy (non-hydrogen) atoms. The van der Waals surface area contributed by atoms with Gasteiger partial charge in [-0.2, -0.15) is 0 Å². The highest BCUT2D eigenvalue weighted by atomic mass is 16.6. The lowest BCUT2D eigenvalue weighted by molar-refractivity contribution is -0.385. The fourth-order valence-corrected chi connectivity index (χ4v) is 2.43. The molecule has 5 heteroatoms. The molecule has 5 nitrogen and oxygen atoms in total. The minimum absolute atomic E-state index is 0.0186. The molecular formula is C18H20N2O3. The van der Waals surface area contributed by atoms with E-state index in [1.807, 2.05) is 37.3 Å². The quantitative estimate of drug-likeness (QED) is 0.604. The first kappa shape index (κ1) is 16.7. The minimum atomic E-state index is -0.452. The van der Waals surface area contributed by atoms with Crippen LogP contribution in [0.4, 0.5) is 5.69 Å². The highest BCUT2D eigenvalue weighted by molar-refractivity contribution is 5.95. The molecule has 2 aromatic rings. The van der Waals surface area contributed by atoms with E-state index in [1.54, 1.807) is 24.0 Å². The third-order valence-electron chi connectivity index (χ3n) is 3.83. The summed E-state index contributed by atoms with van der Waals surface area (Å²) >= 11 is 0. The van der Waals surface area contributed by atoms with Crippen LogP contribution in [0.1, 0.15) is 28.4 Å². The first-order valence-corrected chi connectivity index (χ1v) is 7.61. The zero-order valence-electron chi connectivity index (χ0n) is 13.4. The van der Waals surface area contributed by atoms with E-state index in [1.165, 1.54) is 6.07 Å². The number of nitro groups is 1. The standard InChI is InChI=1S/C18H20N2O3/c1-3-19(12-11-15-7-5-4-6-8-15)18(21)16-10-9-14(2)17(13-16)20(22)23/h4-10,13H,3,11-12H2,1-2H3. The maximum absolute atomic E-state index is 12.6.